The van der Waals surface area contributed by atoms with Gasteiger partial charge in [-0.1, -0.05) is 30.9 Å². The molecule has 128 valence electrons. The maximum Gasteiger partial charge on any atom is 0.416 e. The van der Waals surface area contributed by atoms with Gasteiger partial charge in [0.25, 0.3) is 0 Å². The predicted octanol–water partition coefficient (Wildman–Crippen LogP) is 4.73. The lowest BCUT2D eigenvalue weighted by Crippen LogP contribution is -2.07. The molecule has 0 radical (unpaired) electrons. The number of halogens is 3. The van der Waals surface area contributed by atoms with Crippen LogP contribution < -0.4 is 5.32 Å². The standard InChI is InChI=1S/C19H14F3NO2/c1-2-18(25)23-15-10-7-14(8-11-15)17(24)12-9-13-5-3-4-6-16(13)19(20,21)22/h2-12H,1H2,(H,23,25)/b12-9+. The summed E-state index contributed by atoms with van der Waals surface area (Å²) >= 11 is 0. The average molecular weight is 345 g/mol. The lowest BCUT2D eigenvalue weighted by molar-refractivity contribution is -0.137. The van der Waals surface area contributed by atoms with E-state index in [4.69, 9.17) is 0 Å². The highest BCUT2D eigenvalue weighted by Gasteiger charge is 2.32. The van der Waals surface area contributed by atoms with E-state index in [0.717, 1.165) is 24.3 Å². The Balaban J connectivity index is 2.16. The van der Waals surface area contributed by atoms with Crippen LogP contribution in [0.1, 0.15) is 21.5 Å². The lowest BCUT2D eigenvalue weighted by Gasteiger charge is -2.09. The average Bonchev–Trinajstić information content (AvgIpc) is 2.59. The Morgan fingerprint density at radius 1 is 1.00 bits per heavy atom. The second kappa shape index (κ2) is 7.61. The van der Waals surface area contributed by atoms with Crippen molar-refractivity contribution < 1.29 is 22.8 Å². The van der Waals surface area contributed by atoms with Crippen molar-refractivity contribution in [3.8, 4) is 0 Å². The van der Waals surface area contributed by atoms with Crippen LogP contribution in [0, 0.1) is 0 Å². The third-order valence-electron chi connectivity index (χ3n) is 3.30. The van der Waals surface area contributed by atoms with E-state index in [1.807, 2.05) is 0 Å². The number of carbonyl (C=O) groups is 2. The molecule has 0 saturated carbocycles. The summed E-state index contributed by atoms with van der Waals surface area (Å²) in [4.78, 5) is 23.3. The molecule has 0 atom stereocenters. The van der Waals surface area contributed by atoms with Gasteiger partial charge in [0.05, 0.1) is 5.56 Å². The molecule has 0 spiro atoms. The summed E-state index contributed by atoms with van der Waals surface area (Å²) in [6, 6.07) is 11.0. The number of hydrogen-bond donors (Lipinski definition) is 1. The van der Waals surface area contributed by atoms with Gasteiger partial charge in [0.1, 0.15) is 0 Å². The van der Waals surface area contributed by atoms with Crippen LogP contribution in [0.3, 0.4) is 0 Å². The van der Waals surface area contributed by atoms with E-state index in [2.05, 4.69) is 11.9 Å². The molecule has 0 unspecified atom stereocenters. The van der Waals surface area contributed by atoms with Gasteiger partial charge in [-0.2, -0.15) is 13.2 Å². The number of carbonyl (C=O) groups excluding carboxylic acids is 2. The molecule has 1 N–H and O–H groups in total. The molecule has 0 aliphatic heterocycles. The van der Waals surface area contributed by atoms with Gasteiger partial charge in [0, 0.05) is 11.3 Å². The first-order chi connectivity index (χ1) is 11.8. The Labute approximate surface area is 142 Å². The number of benzene rings is 2. The van der Waals surface area contributed by atoms with E-state index in [1.54, 1.807) is 0 Å². The molecule has 1 amide bonds. The number of ketones is 1. The van der Waals surface area contributed by atoms with Gasteiger partial charge >= 0.3 is 6.18 Å². The monoisotopic (exact) mass is 345 g/mol. The second-order valence-electron chi connectivity index (χ2n) is 5.05. The van der Waals surface area contributed by atoms with E-state index in [0.29, 0.717) is 5.69 Å². The van der Waals surface area contributed by atoms with E-state index < -0.39 is 17.5 Å². The Bertz CT molecular complexity index is 821. The van der Waals surface area contributed by atoms with Crippen LogP contribution >= 0.6 is 0 Å². The maximum absolute atomic E-state index is 12.9. The fourth-order valence-corrected chi connectivity index (χ4v) is 2.07. The summed E-state index contributed by atoms with van der Waals surface area (Å²) in [5.41, 5.74) is -0.120. The number of hydrogen-bond acceptors (Lipinski definition) is 2. The molecule has 2 aromatic carbocycles. The molecular weight excluding hydrogens is 331 g/mol. The summed E-state index contributed by atoms with van der Waals surface area (Å²) in [6.45, 7) is 3.32. The molecule has 25 heavy (non-hydrogen) atoms. The Morgan fingerprint density at radius 3 is 2.24 bits per heavy atom. The topological polar surface area (TPSA) is 46.2 Å². The third-order valence-corrected chi connectivity index (χ3v) is 3.30. The summed E-state index contributed by atoms with van der Waals surface area (Å²) in [5.74, 6) is -0.832. The fourth-order valence-electron chi connectivity index (χ4n) is 2.07. The molecule has 0 aromatic heterocycles. The number of alkyl halides is 3. The van der Waals surface area contributed by atoms with Crippen LogP contribution in [-0.2, 0) is 11.0 Å². The molecule has 0 aliphatic carbocycles. The second-order valence-corrected chi connectivity index (χ2v) is 5.05. The highest BCUT2D eigenvalue weighted by molar-refractivity contribution is 6.07. The molecule has 0 fully saturated rings. The van der Waals surface area contributed by atoms with Crippen LogP contribution in [0.2, 0.25) is 0 Å². The van der Waals surface area contributed by atoms with E-state index in [-0.39, 0.29) is 17.0 Å². The maximum atomic E-state index is 12.9. The Morgan fingerprint density at radius 2 is 1.64 bits per heavy atom. The highest BCUT2D eigenvalue weighted by atomic mass is 19.4. The summed E-state index contributed by atoms with van der Waals surface area (Å²) in [5, 5.41) is 2.53. The summed E-state index contributed by atoms with van der Waals surface area (Å²) in [7, 11) is 0. The van der Waals surface area contributed by atoms with E-state index in [1.165, 1.54) is 42.5 Å². The fraction of sp³-hybridized carbons (Fsp3) is 0.0526. The van der Waals surface area contributed by atoms with Crippen molar-refractivity contribution in [2.45, 2.75) is 6.18 Å². The molecular formula is C19H14F3NO2. The zero-order chi connectivity index (χ0) is 18.4. The number of anilines is 1. The Kier molecular flexibility index (Phi) is 5.54. The lowest BCUT2D eigenvalue weighted by atomic mass is 10.0. The minimum absolute atomic E-state index is 0.0850. The summed E-state index contributed by atoms with van der Waals surface area (Å²) < 4.78 is 38.7. The minimum atomic E-state index is -4.49. The van der Waals surface area contributed by atoms with Crippen LogP contribution in [0.5, 0.6) is 0 Å². The van der Waals surface area contributed by atoms with Crippen LogP contribution in [-0.4, -0.2) is 11.7 Å². The Hall–Kier alpha value is -3.15. The van der Waals surface area contributed by atoms with Crippen LogP contribution in [0.4, 0.5) is 18.9 Å². The van der Waals surface area contributed by atoms with Crippen molar-refractivity contribution in [2.24, 2.45) is 0 Å². The summed E-state index contributed by atoms with van der Waals surface area (Å²) in [6.07, 6.45) is -1.16. The molecule has 0 aliphatic rings. The molecule has 2 rings (SSSR count). The van der Waals surface area contributed by atoms with Gasteiger partial charge in [-0.15, -0.1) is 0 Å². The number of allylic oxidation sites excluding steroid dienone is 1. The van der Waals surface area contributed by atoms with Crippen molar-refractivity contribution >= 4 is 23.5 Å². The van der Waals surface area contributed by atoms with Gasteiger partial charge < -0.3 is 5.32 Å². The van der Waals surface area contributed by atoms with Gasteiger partial charge in [-0.25, -0.2) is 0 Å². The van der Waals surface area contributed by atoms with E-state index in [9.17, 15) is 22.8 Å². The van der Waals surface area contributed by atoms with Crippen LogP contribution in [0.15, 0.2) is 67.3 Å². The van der Waals surface area contributed by atoms with Crippen molar-refractivity contribution in [1.82, 2.24) is 0 Å². The molecule has 2 aromatic rings. The number of nitrogens with one attached hydrogen (secondary N) is 1. The largest absolute Gasteiger partial charge is 0.416 e. The minimum Gasteiger partial charge on any atom is -0.323 e. The molecule has 6 heteroatoms. The van der Waals surface area contributed by atoms with Crippen molar-refractivity contribution in [2.75, 3.05) is 5.32 Å². The van der Waals surface area contributed by atoms with Gasteiger partial charge in [0.2, 0.25) is 5.91 Å². The van der Waals surface area contributed by atoms with Gasteiger partial charge in [-0.05, 0) is 48.0 Å². The molecule has 0 heterocycles. The van der Waals surface area contributed by atoms with Crippen molar-refractivity contribution in [3.05, 3.63) is 84.0 Å². The zero-order valence-corrected chi connectivity index (χ0v) is 13.0. The van der Waals surface area contributed by atoms with Gasteiger partial charge in [0.15, 0.2) is 5.78 Å². The first kappa shape index (κ1) is 18.2. The normalized spacial score (nSPS) is 11.3. The molecule has 0 saturated heterocycles. The van der Waals surface area contributed by atoms with Crippen molar-refractivity contribution in [3.63, 3.8) is 0 Å². The van der Waals surface area contributed by atoms with E-state index >= 15 is 0 Å². The number of amides is 1. The molecule has 0 bridgehead atoms. The van der Waals surface area contributed by atoms with Gasteiger partial charge in [-0.3, -0.25) is 9.59 Å². The first-order valence-corrected chi connectivity index (χ1v) is 7.23. The third kappa shape index (κ3) is 4.91. The highest BCUT2D eigenvalue weighted by Crippen LogP contribution is 2.32. The smallest absolute Gasteiger partial charge is 0.323 e. The number of rotatable bonds is 5. The van der Waals surface area contributed by atoms with Crippen molar-refractivity contribution in [1.29, 1.82) is 0 Å². The quantitative estimate of drug-likeness (QED) is 0.629. The first-order valence-electron chi connectivity index (χ1n) is 7.23. The zero-order valence-electron chi connectivity index (χ0n) is 13.0. The SMILES string of the molecule is C=CC(=O)Nc1ccc(C(=O)/C=C/c2ccccc2C(F)(F)F)cc1. The van der Waals surface area contributed by atoms with Crippen LogP contribution in [0.25, 0.3) is 6.08 Å². The predicted molar refractivity (Wildman–Crippen MR) is 90.1 cm³/mol. The molecule has 3 nitrogen and oxygen atoms in total.